The fraction of sp³-hybridized carbons (Fsp3) is 0.318. The molecular formula is C22H25N3O4S2. The van der Waals surface area contributed by atoms with Gasteiger partial charge in [0.25, 0.3) is 10.0 Å². The van der Waals surface area contributed by atoms with E-state index in [4.69, 9.17) is 0 Å². The molecule has 1 aliphatic rings. The van der Waals surface area contributed by atoms with Gasteiger partial charge in [-0.25, -0.2) is 0 Å². The summed E-state index contributed by atoms with van der Waals surface area (Å²) in [4.78, 5) is 26.5. The summed E-state index contributed by atoms with van der Waals surface area (Å²) >= 11 is 1.01. The maximum Gasteiger partial charge on any atom is 0.284 e. The van der Waals surface area contributed by atoms with Crippen LogP contribution in [0.15, 0.2) is 57.8 Å². The molecule has 0 bridgehead atoms. The van der Waals surface area contributed by atoms with Crippen molar-refractivity contribution in [2.75, 3.05) is 11.9 Å². The molecule has 1 fully saturated rings. The predicted molar refractivity (Wildman–Crippen MR) is 124 cm³/mol. The van der Waals surface area contributed by atoms with E-state index in [1.54, 1.807) is 31.2 Å². The van der Waals surface area contributed by atoms with Crippen molar-refractivity contribution in [2.24, 2.45) is 4.40 Å². The minimum absolute atomic E-state index is 0.0712. The Balaban J connectivity index is 1.75. The molecule has 2 aromatic carbocycles. The molecule has 2 amide bonds. The molecule has 1 heterocycles. The predicted octanol–water partition coefficient (Wildman–Crippen LogP) is 3.59. The molecule has 0 aliphatic carbocycles. The molecule has 31 heavy (non-hydrogen) atoms. The van der Waals surface area contributed by atoms with Crippen LogP contribution in [0.5, 0.6) is 0 Å². The summed E-state index contributed by atoms with van der Waals surface area (Å²) in [7, 11) is -3.97. The highest BCUT2D eigenvalue weighted by atomic mass is 32.2. The average Bonchev–Trinajstić information content (AvgIpc) is 3.02. The monoisotopic (exact) mass is 459 g/mol. The van der Waals surface area contributed by atoms with Gasteiger partial charge in [-0.2, -0.15) is 8.42 Å². The number of thioether (sulfide) groups is 1. The van der Waals surface area contributed by atoms with E-state index in [0.717, 1.165) is 29.3 Å². The number of anilines is 1. The molecule has 0 saturated carbocycles. The zero-order chi connectivity index (χ0) is 22.6. The van der Waals surface area contributed by atoms with Gasteiger partial charge >= 0.3 is 0 Å². The van der Waals surface area contributed by atoms with Crippen LogP contribution in [0.3, 0.4) is 0 Å². The fourth-order valence-electron chi connectivity index (χ4n) is 3.07. The zero-order valence-corrected chi connectivity index (χ0v) is 19.3. The Morgan fingerprint density at radius 3 is 2.32 bits per heavy atom. The number of sulfonamides is 1. The summed E-state index contributed by atoms with van der Waals surface area (Å²) in [6.07, 6.45) is 0.729. The second-order valence-corrected chi connectivity index (χ2v) is 9.93. The first-order chi connectivity index (χ1) is 14.7. The minimum atomic E-state index is -3.97. The Morgan fingerprint density at radius 2 is 1.74 bits per heavy atom. The summed E-state index contributed by atoms with van der Waals surface area (Å²) in [5.41, 5.74) is 2.74. The van der Waals surface area contributed by atoms with Crippen molar-refractivity contribution in [2.45, 2.75) is 43.8 Å². The number of nitrogens with zero attached hydrogens (tertiary/aromatic N) is 2. The number of carbonyl (C=O) groups excluding carboxylic acids is 2. The molecule has 1 saturated heterocycles. The van der Waals surface area contributed by atoms with Crippen molar-refractivity contribution in [3.05, 3.63) is 59.7 Å². The van der Waals surface area contributed by atoms with Crippen LogP contribution < -0.4 is 5.32 Å². The number of amidine groups is 1. The van der Waals surface area contributed by atoms with Gasteiger partial charge in [0.2, 0.25) is 11.8 Å². The molecular weight excluding hydrogens is 434 g/mol. The van der Waals surface area contributed by atoms with Crippen LogP contribution in [-0.4, -0.2) is 42.1 Å². The lowest BCUT2D eigenvalue weighted by molar-refractivity contribution is -0.128. The molecule has 7 nitrogen and oxygen atoms in total. The van der Waals surface area contributed by atoms with Gasteiger partial charge in [0.05, 0.1) is 4.90 Å². The summed E-state index contributed by atoms with van der Waals surface area (Å²) in [5, 5.41) is 2.14. The van der Waals surface area contributed by atoms with E-state index in [2.05, 4.69) is 9.71 Å². The second kappa shape index (κ2) is 9.65. The largest absolute Gasteiger partial charge is 0.326 e. The van der Waals surface area contributed by atoms with E-state index in [-0.39, 0.29) is 34.8 Å². The van der Waals surface area contributed by atoms with E-state index >= 15 is 0 Å². The van der Waals surface area contributed by atoms with Gasteiger partial charge < -0.3 is 5.32 Å². The lowest BCUT2D eigenvalue weighted by Gasteiger charge is -2.13. The van der Waals surface area contributed by atoms with E-state index < -0.39 is 15.3 Å². The first kappa shape index (κ1) is 23.0. The first-order valence-corrected chi connectivity index (χ1v) is 12.3. The van der Waals surface area contributed by atoms with Crippen LogP contribution >= 0.6 is 11.8 Å². The first-order valence-electron chi connectivity index (χ1n) is 10.0. The molecule has 0 aromatic heterocycles. The van der Waals surface area contributed by atoms with Crippen molar-refractivity contribution in [3.8, 4) is 0 Å². The Labute approximate surface area is 187 Å². The third-order valence-corrected chi connectivity index (χ3v) is 7.44. The van der Waals surface area contributed by atoms with Gasteiger partial charge in [0.15, 0.2) is 5.17 Å². The number of carbonyl (C=O) groups is 2. The van der Waals surface area contributed by atoms with E-state index in [0.29, 0.717) is 5.69 Å². The lowest BCUT2D eigenvalue weighted by Crippen LogP contribution is -2.33. The molecule has 1 aliphatic heterocycles. The average molecular weight is 460 g/mol. The third-order valence-electron chi connectivity index (χ3n) is 4.87. The van der Waals surface area contributed by atoms with Crippen LogP contribution in [0, 0.1) is 6.92 Å². The highest BCUT2D eigenvalue weighted by Crippen LogP contribution is 2.31. The fourth-order valence-corrected chi connectivity index (χ4v) is 5.49. The van der Waals surface area contributed by atoms with Gasteiger partial charge in [-0.3, -0.25) is 14.5 Å². The van der Waals surface area contributed by atoms with E-state index in [1.807, 2.05) is 26.0 Å². The molecule has 1 N–H and O–H groups in total. The molecule has 9 heteroatoms. The van der Waals surface area contributed by atoms with Crippen LogP contribution in [0.25, 0.3) is 0 Å². The smallest absolute Gasteiger partial charge is 0.284 e. The van der Waals surface area contributed by atoms with Crippen molar-refractivity contribution in [3.63, 3.8) is 0 Å². The summed E-state index contributed by atoms with van der Waals surface area (Å²) in [6.45, 7) is 5.95. The van der Waals surface area contributed by atoms with Crippen molar-refractivity contribution < 1.29 is 18.0 Å². The Hall–Kier alpha value is -2.65. The summed E-state index contributed by atoms with van der Waals surface area (Å²) in [5.74, 6) is -0.633. The number of hydrogen-bond donors (Lipinski definition) is 1. The van der Waals surface area contributed by atoms with Gasteiger partial charge in [0, 0.05) is 18.7 Å². The Kier molecular flexibility index (Phi) is 7.17. The topological polar surface area (TPSA) is 95.9 Å². The highest BCUT2D eigenvalue weighted by molar-refractivity contribution is 8.16. The van der Waals surface area contributed by atoms with Crippen molar-refractivity contribution >= 4 is 44.5 Å². The number of hydrogen-bond acceptors (Lipinski definition) is 5. The number of amides is 2. The third kappa shape index (κ3) is 5.54. The summed E-state index contributed by atoms with van der Waals surface area (Å²) in [6, 6.07) is 13.9. The maximum atomic E-state index is 12.7. The van der Waals surface area contributed by atoms with Crippen LogP contribution in [0.4, 0.5) is 5.69 Å². The van der Waals surface area contributed by atoms with Crippen molar-refractivity contribution in [1.29, 1.82) is 0 Å². The van der Waals surface area contributed by atoms with E-state index in [1.165, 1.54) is 17.0 Å². The molecule has 2 aromatic rings. The molecule has 1 unspecified atom stereocenters. The van der Waals surface area contributed by atoms with Gasteiger partial charge in [-0.1, -0.05) is 48.5 Å². The quantitative estimate of drug-likeness (QED) is 0.683. The SMILES string of the molecule is CCc1ccc(S(=O)(=O)N=C2SC(CC(=O)Nc3ccc(C)cc3)C(=O)N2CC)cc1. The Morgan fingerprint density at radius 1 is 1.10 bits per heavy atom. The number of rotatable bonds is 7. The number of benzene rings is 2. The summed E-state index contributed by atoms with van der Waals surface area (Å²) < 4.78 is 29.4. The number of nitrogens with one attached hydrogen (secondary N) is 1. The Bertz CT molecular complexity index is 1090. The van der Waals surface area contributed by atoms with Crippen LogP contribution in [0.1, 0.15) is 31.4 Å². The molecule has 0 spiro atoms. The molecule has 1 atom stereocenters. The minimum Gasteiger partial charge on any atom is -0.326 e. The molecule has 0 radical (unpaired) electrons. The van der Waals surface area contributed by atoms with Gasteiger partial charge in [0.1, 0.15) is 5.25 Å². The molecule has 164 valence electrons. The van der Waals surface area contributed by atoms with Gasteiger partial charge in [-0.15, -0.1) is 4.40 Å². The standard InChI is InChI=1S/C22H25N3O4S2/c1-4-16-8-12-18(13-9-16)31(28,29)24-22-25(5-2)21(27)19(30-22)14-20(26)23-17-10-6-15(3)7-11-17/h6-13,19H,4-5,14H2,1-3H3,(H,23,26). The maximum absolute atomic E-state index is 12.7. The van der Waals surface area contributed by atoms with Crippen molar-refractivity contribution in [1.82, 2.24) is 4.90 Å². The van der Waals surface area contributed by atoms with Gasteiger partial charge in [-0.05, 0) is 50.1 Å². The molecule has 3 rings (SSSR count). The second-order valence-electron chi connectivity index (χ2n) is 7.15. The number of aryl methyl sites for hydroxylation is 2. The van der Waals surface area contributed by atoms with Crippen LogP contribution in [0.2, 0.25) is 0 Å². The lowest BCUT2D eigenvalue weighted by atomic mass is 10.2. The normalized spacial score (nSPS) is 17.9. The zero-order valence-electron chi connectivity index (χ0n) is 17.7. The highest BCUT2D eigenvalue weighted by Gasteiger charge is 2.39. The van der Waals surface area contributed by atoms with Crippen LogP contribution in [-0.2, 0) is 26.0 Å². The van der Waals surface area contributed by atoms with E-state index in [9.17, 15) is 18.0 Å².